The predicted molar refractivity (Wildman–Crippen MR) is 69.0 cm³/mol. The Morgan fingerprint density at radius 2 is 1.82 bits per heavy atom. The first-order valence-electron chi connectivity index (χ1n) is 5.62. The second-order valence-electron chi connectivity index (χ2n) is 4.15. The molecule has 1 aliphatic rings. The molecule has 1 aromatic rings. The minimum atomic E-state index is -0.737. The van der Waals surface area contributed by atoms with Crippen LogP contribution in [0.1, 0.15) is 5.56 Å². The van der Waals surface area contributed by atoms with E-state index in [1.807, 2.05) is 12.1 Å². The quantitative estimate of drug-likeness (QED) is 0.775. The highest BCUT2D eigenvalue weighted by molar-refractivity contribution is 7.85. The third-order valence-electron chi connectivity index (χ3n) is 2.87. The number of anilines is 1. The first kappa shape index (κ1) is 12.1. The van der Waals surface area contributed by atoms with Crippen LogP contribution in [0.4, 0.5) is 5.69 Å². The molecule has 0 saturated carbocycles. The predicted octanol–water partition coefficient (Wildman–Crippen LogP) is 0.402. The fraction of sp³-hybridized carbons (Fsp3) is 0.417. The average Bonchev–Trinajstić information content (AvgIpc) is 2.33. The molecular weight excluding hydrogens is 236 g/mol. The second-order valence-corrected chi connectivity index (χ2v) is 5.84. The topological polar surface area (TPSA) is 63.4 Å². The van der Waals surface area contributed by atoms with Crippen LogP contribution >= 0.6 is 0 Å². The van der Waals surface area contributed by atoms with Gasteiger partial charge in [0.2, 0.25) is 5.91 Å². The van der Waals surface area contributed by atoms with Gasteiger partial charge in [-0.3, -0.25) is 9.00 Å². The van der Waals surface area contributed by atoms with Crippen molar-refractivity contribution >= 4 is 22.4 Å². The number of benzene rings is 1. The smallest absolute Gasteiger partial charge is 0.227 e. The van der Waals surface area contributed by atoms with Gasteiger partial charge in [-0.2, -0.15) is 0 Å². The zero-order valence-electron chi connectivity index (χ0n) is 9.59. The van der Waals surface area contributed by atoms with E-state index in [1.165, 1.54) is 0 Å². The highest BCUT2D eigenvalue weighted by Crippen LogP contribution is 2.09. The first-order chi connectivity index (χ1) is 8.15. The lowest BCUT2D eigenvalue weighted by molar-refractivity contribution is -0.130. The van der Waals surface area contributed by atoms with Crippen LogP contribution < -0.4 is 5.73 Å². The summed E-state index contributed by atoms with van der Waals surface area (Å²) in [7, 11) is -0.737. The van der Waals surface area contributed by atoms with Crippen LogP contribution in [-0.4, -0.2) is 39.6 Å². The molecule has 1 fully saturated rings. The molecule has 1 aliphatic heterocycles. The number of rotatable bonds is 2. The fourth-order valence-electron chi connectivity index (χ4n) is 1.81. The van der Waals surface area contributed by atoms with Crippen LogP contribution in [0.15, 0.2) is 24.3 Å². The largest absolute Gasteiger partial charge is 0.399 e. The molecule has 0 aromatic heterocycles. The Morgan fingerprint density at radius 1 is 1.24 bits per heavy atom. The van der Waals surface area contributed by atoms with E-state index >= 15 is 0 Å². The molecule has 92 valence electrons. The van der Waals surface area contributed by atoms with Crippen LogP contribution in [0.2, 0.25) is 0 Å². The van der Waals surface area contributed by atoms with E-state index in [2.05, 4.69) is 0 Å². The zero-order valence-corrected chi connectivity index (χ0v) is 10.4. The van der Waals surface area contributed by atoms with Crippen molar-refractivity contribution < 1.29 is 9.00 Å². The number of nitrogen functional groups attached to an aromatic ring is 1. The Kier molecular flexibility index (Phi) is 3.78. The van der Waals surface area contributed by atoms with Gasteiger partial charge in [0.05, 0.1) is 6.42 Å². The van der Waals surface area contributed by atoms with Gasteiger partial charge in [0, 0.05) is 41.1 Å². The summed E-state index contributed by atoms with van der Waals surface area (Å²) in [5.74, 6) is 1.31. The number of nitrogens with two attached hydrogens (primary N) is 1. The van der Waals surface area contributed by atoms with Gasteiger partial charge in [0.25, 0.3) is 0 Å². The Bertz CT molecular complexity index is 421. The van der Waals surface area contributed by atoms with E-state index in [0.717, 1.165) is 5.56 Å². The number of carbonyl (C=O) groups excluding carboxylic acids is 1. The maximum atomic E-state index is 12.0. The van der Waals surface area contributed by atoms with Gasteiger partial charge in [-0.1, -0.05) is 12.1 Å². The molecule has 2 N–H and O–H groups in total. The third kappa shape index (κ3) is 3.30. The average molecular weight is 252 g/mol. The van der Waals surface area contributed by atoms with Crippen molar-refractivity contribution in [3.8, 4) is 0 Å². The van der Waals surface area contributed by atoms with Gasteiger partial charge in [0.15, 0.2) is 0 Å². The molecule has 0 bridgehead atoms. The van der Waals surface area contributed by atoms with Crippen molar-refractivity contribution in [2.75, 3.05) is 30.3 Å². The first-order valence-corrected chi connectivity index (χ1v) is 7.11. The summed E-state index contributed by atoms with van der Waals surface area (Å²) in [4.78, 5) is 13.7. The minimum absolute atomic E-state index is 0.103. The third-order valence-corrected chi connectivity index (χ3v) is 4.14. The Hall–Kier alpha value is -1.36. The zero-order chi connectivity index (χ0) is 12.3. The maximum Gasteiger partial charge on any atom is 0.227 e. The van der Waals surface area contributed by atoms with Gasteiger partial charge in [-0.15, -0.1) is 0 Å². The van der Waals surface area contributed by atoms with E-state index in [-0.39, 0.29) is 5.91 Å². The standard InChI is InChI=1S/C12H16N2O2S/c13-11-3-1-10(2-4-11)9-12(15)14-5-7-17(16)8-6-14/h1-4H,5-9,13H2. The normalized spacial score (nSPS) is 17.1. The summed E-state index contributed by atoms with van der Waals surface area (Å²) in [6.07, 6.45) is 0.396. The molecule has 17 heavy (non-hydrogen) atoms. The Morgan fingerprint density at radius 3 is 2.41 bits per heavy atom. The molecule has 4 nitrogen and oxygen atoms in total. The molecule has 0 radical (unpaired) electrons. The van der Waals surface area contributed by atoms with E-state index in [0.29, 0.717) is 36.7 Å². The van der Waals surface area contributed by atoms with Gasteiger partial charge < -0.3 is 10.6 Å². The summed E-state index contributed by atoms with van der Waals surface area (Å²) >= 11 is 0. The van der Waals surface area contributed by atoms with Crippen LogP contribution in [-0.2, 0) is 22.0 Å². The minimum Gasteiger partial charge on any atom is -0.399 e. The van der Waals surface area contributed by atoms with Crippen LogP contribution in [0.3, 0.4) is 0 Å². The lowest BCUT2D eigenvalue weighted by Gasteiger charge is -2.26. The van der Waals surface area contributed by atoms with Crippen molar-refractivity contribution in [3.63, 3.8) is 0 Å². The fourth-order valence-corrected chi connectivity index (χ4v) is 2.86. The van der Waals surface area contributed by atoms with Gasteiger partial charge in [-0.25, -0.2) is 0 Å². The number of hydrogen-bond donors (Lipinski definition) is 1. The summed E-state index contributed by atoms with van der Waals surface area (Å²) in [6, 6.07) is 7.34. The monoisotopic (exact) mass is 252 g/mol. The van der Waals surface area contributed by atoms with Crippen LogP contribution in [0.5, 0.6) is 0 Å². The lowest BCUT2D eigenvalue weighted by Crippen LogP contribution is -2.42. The lowest BCUT2D eigenvalue weighted by atomic mass is 10.1. The van der Waals surface area contributed by atoms with E-state index in [9.17, 15) is 9.00 Å². The molecular formula is C12H16N2O2S. The highest BCUT2D eigenvalue weighted by Gasteiger charge is 2.19. The molecule has 1 heterocycles. The number of nitrogens with zero attached hydrogens (tertiary/aromatic N) is 1. The highest BCUT2D eigenvalue weighted by atomic mass is 32.2. The molecule has 0 unspecified atom stereocenters. The SMILES string of the molecule is Nc1ccc(CC(=O)N2CCS(=O)CC2)cc1. The number of amides is 1. The van der Waals surface area contributed by atoms with Crippen molar-refractivity contribution in [1.82, 2.24) is 4.90 Å². The van der Waals surface area contributed by atoms with Crippen LogP contribution in [0, 0.1) is 0 Å². The summed E-state index contributed by atoms with van der Waals surface area (Å²) in [6.45, 7) is 1.22. The molecule has 1 saturated heterocycles. The van der Waals surface area contributed by atoms with Crippen molar-refractivity contribution in [3.05, 3.63) is 29.8 Å². The van der Waals surface area contributed by atoms with E-state index in [4.69, 9.17) is 5.73 Å². The molecule has 0 spiro atoms. The molecule has 5 heteroatoms. The van der Waals surface area contributed by atoms with Gasteiger partial charge >= 0.3 is 0 Å². The van der Waals surface area contributed by atoms with Crippen molar-refractivity contribution in [2.24, 2.45) is 0 Å². The van der Waals surface area contributed by atoms with Gasteiger partial charge in [-0.05, 0) is 17.7 Å². The molecule has 1 aromatic carbocycles. The Labute approximate surface area is 103 Å². The van der Waals surface area contributed by atoms with Crippen molar-refractivity contribution in [1.29, 1.82) is 0 Å². The summed E-state index contributed by atoms with van der Waals surface area (Å²) in [5.41, 5.74) is 7.26. The van der Waals surface area contributed by atoms with E-state index in [1.54, 1.807) is 17.0 Å². The van der Waals surface area contributed by atoms with Gasteiger partial charge in [0.1, 0.15) is 0 Å². The second kappa shape index (κ2) is 5.31. The summed E-state index contributed by atoms with van der Waals surface area (Å²) in [5, 5.41) is 0. The number of hydrogen-bond acceptors (Lipinski definition) is 3. The number of carbonyl (C=O) groups is 1. The Balaban J connectivity index is 1.92. The van der Waals surface area contributed by atoms with Crippen molar-refractivity contribution in [2.45, 2.75) is 6.42 Å². The maximum absolute atomic E-state index is 12.0. The molecule has 0 aliphatic carbocycles. The van der Waals surface area contributed by atoms with Crippen LogP contribution in [0.25, 0.3) is 0 Å². The summed E-state index contributed by atoms with van der Waals surface area (Å²) < 4.78 is 11.2. The van der Waals surface area contributed by atoms with E-state index < -0.39 is 10.8 Å². The molecule has 1 amide bonds. The molecule has 0 atom stereocenters. The molecule has 2 rings (SSSR count).